The number of nitrogens with zero attached hydrogens (tertiary/aromatic N) is 4. The van der Waals surface area contributed by atoms with Gasteiger partial charge in [-0.1, -0.05) is 6.07 Å². The van der Waals surface area contributed by atoms with Crippen LogP contribution in [0.3, 0.4) is 0 Å². The van der Waals surface area contributed by atoms with Crippen LogP contribution in [0.4, 0.5) is 26.3 Å². The summed E-state index contributed by atoms with van der Waals surface area (Å²) in [5.74, 6) is 0. The van der Waals surface area contributed by atoms with Crippen molar-refractivity contribution < 1.29 is 31.4 Å². The third-order valence-corrected chi connectivity index (χ3v) is 4.88. The molecule has 4 rings (SSSR count). The molecule has 32 heavy (non-hydrogen) atoms. The number of hydrogen-bond acceptors (Lipinski definition) is 4. The zero-order chi connectivity index (χ0) is 23.3. The second-order valence-electron chi connectivity index (χ2n) is 7.04. The first-order chi connectivity index (χ1) is 15.0. The quantitative estimate of drug-likeness (QED) is 0.429. The molecule has 0 aliphatic rings. The van der Waals surface area contributed by atoms with Gasteiger partial charge < -0.3 is 5.11 Å². The molecule has 0 bridgehead atoms. The molecule has 0 saturated heterocycles. The maximum absolute atomic E-state index is 13.8. The van der Waals surface area contributed by atoms with Crippen LogP contribution in [0, 0.1) is 6.92 Å². The van der Waals surface area contributed by atoms with Gasteiger partial charge in [0, 0.05) is 17.3 Å². The number of pyridine rings is 1. The van der Waals surface area contributed by atoms with Crippen molar-refractivity contribution in [1.29, 1.82) is 0 Å². The summed E-state index contributed by atoms with van der Waals surface area (Å²) < 4.78 is 81.1. The van der Waals surface area contributed by atoms with E-state index in [0.717, 1.165) is 24.3 Å². The van der Waals surface area contributed by atoms with E-state index < -0.39 is 23.6 Å². The molecule has 0 saturated carbocycles. The molecule has 0 fully saturated rings. The number of halogens is 6. The lowest BCUT2D eigenvalue weighted by molar-refractivity contribution is -0.142. The second-order valence-corrected chi connectivity index (χ2v) is 7.04. The van der Waals surface area contributed by atoms with Crippen LogP contribution >= 0.6 is 0 Å². The third kappa shape index (κ3) is 3.91. The number of aryl methyl sites for hydroxylation is 1. The van der Waals surface area contributed by atoms with Gasteiger partial charge in [-0.3, -0.25) is 4.98 Å². The molecular formula is C21H14F6N4O. The van der Waals surface area contributed by atoms with Gasteiger partial charge in [-0.25, -0.2) is 9.50 Å². The Morgan fingerprint density at radius 3 is 2.31 bits per heavy atom. The Kier molecular flexibility index (Phi) is 5.16. The number of rotatable bonds is 3. The zero-order valence-electron chi connectivity index (χ0n) is 16.3. The molecular weight excluding hydrogens is 438 g/mol. The minimum atomic E-state index is -4.80. The SMILES string of the molecule is Cc1cc(-c2cc(C(F)(F)F)n3ncc(-c4ccnc(CO)c4)c3n2)ccc1C(F)(F)F. The van der Waals surface area contributed by atoms with E-state index in [1.54, 1.807) is 0 Å². The van der Waals surface area contributed by atoms with Gasteiger partial charge in [-0.15, -0.1) is 0 Å². The lowest BCUT2D eigenvalue weighted by Gasteiger charge is -2.14. The molecule has 0 amide bonds. The Labute approximate surface area is 177 Å². The van der Waals surface area contributed by atoms with E-state index in [1.807, 2.05) is 0 Å². The van der Waals surface area contributed by atoms with Crippen molar-refractivity contribution in [2.45, 2.75) is 25.9 Å². The Morgan fingerprint density at radius 2 is 1.69 bits per heavy atom. The molecule has 1 aromatic carbocycles. The molecule has 1 N–H and O–H groups in total. The van der Waals surface area contributed by atoms with Crippen molar-refractivity contribution in [2.75, 3.05) is 0 Å². The molecule has 0 unspecified atom stereocenters. The zero-order valence-corrected chi connectivity index (χ0v) is 16.3. The molecule has 0 radical (unpaired) electrons. The number of alkyl halides is 6. The maximum Gasteiger partial charge on any atom is 0.433 e. The van der Waals surface area contributed by atoms with E-state index in [4.69, 9.17) is 0 Å². The molecule has 0 aliphatic carbocycles. The van der Waals surface area contributed by atoms with Crippen molar-refractivity contribution in [2.24, 2.45) is 0 Å². The summed E-state index contributed by atoms with van der Waals surface area (Å²) >= 11 is 0. The minimum absolute atomic E-state index is 0.0985. The molecule has 0 aliphatic heterocycles. The van der Waals surface area contributed by atoms with E-state index in [2.05, 4.69) is 15.1 Å². The minimum Gasteiger partial charge on any atom is -0.390 e. The van der Waals surface area contributed by atoms with Crippen LogP contribution in [0.25, 0.3) is 28.0 Å². The molecule has 11 heteroatoms. The van der Waals surface area contributed by atoms with Crippen molar-refractivity contribution in [3.63, 3.8) is 0 Å². The van der Waals surface area contributed by atoms with Crippen molar-refractivity contribution >= 4 is 5.65 Å². The number of aliphatic hydroxyl groups excluding tert-OH is 1. The Balaban J connectivity index is 1.95. The van der Waals surface area contributed by atoms with Gasteiger partial charge in [0.1, 0.15) is 0 Å². The monoisotopic (exact) mass is 452 g/mol. The van der Waals surface area contributed by atoms with E-state index in [9.17, 15) is 31.4 Å². The number of aromatic nitrogens is 4. The van der Waals surface area contributed by atoms with Crippen LogP contribution in [0.5, 0.6) is 0 Å². The largest absolute Gasteiger partial charge is 0.433 e. The highest BCUT2D eigenvalue weighted by molar-refractivity contribution is 5.79. The van der Waals surface area contributed by atoms with Crippen LogP contribution in [-0.2, 0) is 19.0 Å². The van der Waals surface area contributed by atoms with E-state index in [0.29, 0.717) is 15.8 Å². The normalized spacial score (nSPS) is 12.5. The fourth-order valence-electron chi connectivity index (χ4n) is 3.39. The fraction of sp³-hybridized carbons (Fsp3) is 0.190. The summed E-state index contributed by atoms with van der Waals surface area (Å²) in [4.78, 5) is 8.22. The lowest BCUT2D eigenvalue weighted by Crippen LogP contribution is -2.14. The first-order valence-electron chi connectivity index (χ1n) is 9.19. The van der Waals surface area contributed by atoms with Gasteiger partial charge in [-0.2, -0.15) is 31.4 Å². The van der Waals surface area contributed by atoms with Gasteiger partial charge in [0.2, 0.25) is 0 Å². The number of fused-ring (bicyclic) bond motifs is 1. The molecule has 5 nitrogen and oxygen atoms in total. The van der Waals surface area contributed by atoms with Crippen LogP contribution in [-0.4, -0.2) is 24.7 Å². The molecule has 4 aromatic rings. The summed E-state index contributed by atoms with van der Waals surface area (Å²) in [5.41, 5.74) is -1.36. The molecule has 0 spiro atoms. The van der Waals surface area contributed by atoms with E-state index >= 15 is 0 Å². The number of hydrogen-bond donors (Lipinski definition) is 1. The standard InChI is InChI=1S/C21H14F6N4O/c1-11-6-13(2-3-16(11)20(22,23)24)17-8-18(21(25,26)27)31-19(30-17)15(9-29-31)12-4-5-28-14(7-12)10-32/h2-9,32H,10H2,1H3. The predicted octanol–water partition coefficient (Wildman–Crippen LogP) is 5.30. The average Bonchev–Trinajstić information content (AvgIpc) is 3.15. The second kappa shape index (κ2) is 7.59. The summed E-state index contributed by atoms with van der Waals surface area (Å²) in [7, 11) is 0. The number of aliphatic hydroxyl groups is 1. The third-order valence-electron chi connectivity index (χ3n) is 4.88. The fourth-order valence-corrected chi connectivity index (χ4v) is 3.39. The van der Waals surface area contributed by atoms with Crippen LogP contribution < -0.4 is 0 Å². The smallest absolute Gasteiger partial charge is 0.390 e. The average molecular weight is 452 g/mol. The number of benzene rings is 1. The molecule has 166 valence electrons. The molecule has 0 atom stereocenters. The first kappa shape index (κ1) is 21.8. The molecule has 3 heterocycles. The van der Waals surface area contributed by atoms with E-state index in [-0.39, 0.29) is 34.6 Å². The van der Waals surface area contributed by atoms with Crippen molar-refractivity contribution in [1.82, 2.24) is 19.6 Å². The van der Waals surface area contributed by atoms with Crippen LogP contribution in [0.1, 0.15) is 22.5 Å². The van der Waals surface area contributed by atoms with Gasteiger partial charge in [0.05, 0.1) is 29.8 Å². The van der Waals surface area contributed by atoms with Crippen molar-refractivity contribution in [3.05, 3.63) is 71.3 Å². The summed E-state index contributed by atoms with van der Waals surface area (Å²) in [6.45, 7) is 0.859. The topological polar surface area (TPSA) is 63.3 Å². The summed E-state index contributed by atoms with van der Waals surface area (Å²) in [6, 6.07) is 6.81. The highest BCUT2D eigenvalue weighted by Crippen LogP contribution is 2.37. The lowest BCUT2D eigenvalue weighted by atomic mass is 10.0. The van der Waals surface area contributed by atoms with Gasteiger partial charge in [-0.05, 0) is 48.4 Å². The van der Waals surface area contributed by atoms with Gasteiger partial charge in [0.25, 0.3) is 0 Å². The van der Waals surface area contributed by atoms with E-state index in [1.165, 1.54) is 31.5 Å². The maximum atomic E-state index is 13.8. The van der Waals surface area contributed by atoms with Crippen LogP contribution in [0.15, 0.2) is 48.8 Å². The molecule has 3 aromatic heterocycles. The summed E-state index contributed by atoms with van der Waals surface area (Å²) in [5, 5.41) is 13.1. The van der Waals surface area contributed by atoms with Gasteiger partial charge in [0.15, 0.2) is 11.3 Å². The highest BCUT2D eigenvalue weighted by Gasteiger charge is 2.36. The highest BCUT2D eigenvalue weighted by atomic mass is 19.4. The Morgan fingerprint density at radius 1 is 0.938 bits per heavy atom. The Bertz CT molecular complexity index is 1310. The summed E-state index contributed by atoms with van der Waals surface area (Å²) in [6.07, 6.45) is -6.79. The van der Waals surface area contributed by atoms with Gasteiger partial charge >= 0.3 is 12.4 Å². The van der Waals surface area contributed by atoms with Crippen molar-refractivity contribution in [3.8, 4) is 22.4 Å². The first-order valence-corrected chi connectivity index (χ1v) is 9.19. The Hall–Kier alpha value is -3.47. The predicted molar refractivity (Wildman–Crippen MR) is 102 cm³/mol. The van der Waals surface area contributed by atoms with Crippen LogP contribution in [0.2, 0.25) is 0 Å².